The van der Waals surface area contributed by atoms with Gasteiger partial charge in [0, 0.05) is 42.5 Å². The number of nitrogens with zero attached hydrogens (tertiary/aromatic N) is 1. The van der Waals surface area contributed by atoms with E-state index >= 15 is 0 Å². The zero-order chi connectivity index (χ0) is 43.5. The largest absolute Gasteiger partial charge is 0.310 e. The third-order valence-electron chi connectivity index (χ3n) is 13.5. The molecule has 1 aromatic heterocycles. The molecule has 1 aliphatic carbocycles. The summed E-state index contributed by atoms with van der Waals surface area (Å²) < 4.78 is 2.65. The van der Waals surface area contributed by atoms with E-state index in [4.69, 9.17) is 0 Å². The zero-order valence-corrected chi connectivity index (χ0v) is 37.2. The Morgan fingerprint density at radius 3 is 1.43 bits per heavy atom. The lowest BCUT2D eigenvalue weighted by Crippen LogP contribution is -2.17. The molecule has 0 spiro atoms. The van der Waals surface area contributed by atoms with Gasteiger partial charge in [-0.25, -0.2) is 0 Å². The van der Waals surface area contributed by atoms with Crippen LogP contribution < -0.4 is 4.90 Å². The first kappa shape index (κ1) is 38.9. The molecule has 0 aliphatic heterocycles. The highest BCUT2D eigenvalue weighted by atomic mass is 32.1. The first-order valence-corrected chi connectivity index (χ1v) is 23.3. The van der Waals surface area contributed by atoms with Crippen molar-refractivity contribution in [2.75, 3.05) is 4.90 Å². The Bertz CT molecular complexity index is 3530. The van der Waals surface area contributed by atoms with Crippen LogP contribution in [-0.4, -0.2) is 0 Å². The second-order valence-electron chi connectivity index (χ2n) is 17.7. The molecule has 0 atom stereocenters. The minimum atomic E-state index is -0.215. The van der Waals surface area contributed by atoms with Crippen LogP contribution >= 0.6 is 11.3 Å². The maximum atomic E-state index is 2.46. The molecule has 0 radical (unpaired) electrons. The summed E-state index contributed by atoms with van der Waals surface area (Å²) in [6, 6.07) is 87.1. The number of rotatable bonds is 8. The summed E-state index contributed by atoms with van der Waals surface area (Å²) in [6.45, 7) is 4.78. The Morgan fingerprint density at radius 2 is 0.754 bits per heavy atom. The van der Waals surface area contributed by atoms with E-state index in [-0.39, 0.29) is 5.41 Å². The van der Waals surface area contributed by atoms with Crippen LogP contribution in [0.15, 0.2) is 237 Å². The van der Waals surface area contributed by atoms with Gasteiger partial charge in [-0.15, -0.1) is 11.3 Å². The average molecular weight is 848 g/mol. The van der Waals surface area contributed by atoms with Crippen molar-refractivity contribution in [1.82, 2.24) is 0 Å². The third-order valence-corrected chi connectivity index (χ3v) is 14.7. The number of fused-ring (bicyclic) bond motifs is 6. The molecule has 0 fully saturated rings. The van der Waals surface area contributed by atoms with Crippen molar-refractivity contribution < 1.29 is 0 Å². The molecule has 10 aromatic carbocycles. The molecule has 65 heavy (non-hydrogen) atoms. The highest BCUT2D eigenvalue weighted by molar-refractivity contribution is 7.25. The van der Waals surface area contributed by atoms with Gasteiger partial charge in [0.15, 0.2) is 0 Å². The fourth-order valence-electron chi connectivity index (χ4n) is 10.1. The topological polar surface area (TPSA) is 3.24 Å². The quantitative estimate of drug-likeness (QED) is 0.147. The van der Waals surface area contributed by atoms with Crippen molar-refractivity contribution in [2.45, 2.75) is 19.3 Å². The van der Waals surface area contributed by atoms with Crippen molar-refractivity contribution in [2.24, 2.45) is 0 Å². The lowest BCUT2D eigenvalue weighted by Gasteiger charge is -2.30. The van der Waals surface area contributed by atoms with Crippen LogP contribution in [0.4, 0.5) is 17.1 Å². The normalized spacial score (nSPS) is 12.6. The average Bonchev–Trinajstić information content (AvgIpc) is 3.85. The van der Waals surface area contributed by atoms with E-state index in [1.54, 1.807) is 0 Å². The molecular weight excluding hydrogens is 803 g/mol. The van der Waals surface area contributed by atoms with E-state index in [1.165, 1.54) is 98.1 Å². The van der Waals surface area contributed by atoms with E-state index in [1.807, 2.05) is 11.3 Å². The van der Waals surface area contributed by atoms with Gasteiger partial charge in [-0.2, -0.15) is 0 Å². The highest BCUT2D eigenvalue weighted by Crippen LogP contribution is 2.52. The van der Waals surface area contributed by atoms with Gasteiger partial charge in [0.05, 0.1) is 5.69 Å². The van der Waals surface area contributed by atoms with E-state index < -0.39 is 0 Å². The van der Waals surface area contributed by atoms with Crippen molar-refractivity contribution in [1.29, 1.82) is 0 Å². The van der Waals surface area contributed by atoms with Gasteiger partial charge in [-0.1, -0.05) is 196 Å². The van der Waals surface area contributed by atoms with Crippen LogP contribution in [0.25, 0.3) is 86.9 Å². The molecule has 0 saturated heterocycles. The minimum Gasteiger partial charge on any atom is -0.310 e. The maximum Gasteiger partial charge on any atom is 0.0540 e. The molecule has 1 heterocycles. The Hall–Kier alpha value is -7.78. The van der Waals surface area contributed by atoms with Gasteiger partial charge in [0.2, 0.25) is 0 Å². The van der Waals surface area contributed by atoms with Crippen LogP contribution in [0.5, 0.6) is 0 Å². The maximum absolute atomic E-state index is 2.46. The van der Waals surface area contributed by atoms with Crippen LogP contribution in [-0.2, 0) is 5.41 Å². The van der Waals surface area contributed by atoms with Gasteiger partial charge in [0.25, 0.3) is 0 Å². The van der Waals surface area contributed by atoms with Crippen LogP contribution in [0.1, 0.15) is 25.0 Å². The lowest BCUT2D eigenvalue weighted by atomic mass is 9.81. The van der Waals surface area contributed by atoms with Crippen molar-refractivity contribution in [3.05, 3.63) is 248 Å². The van der Waals surface area contributed by atoms with E-state index in [2.05, 4.69) is 255 Å². The summed E-state index contributed by atoms with van der Waals surface area (Å²) in [4.78, 5) is 2.46. The molecule has 0 saturated carbocycles. The summed E-state index contributed by atoms with van der Waals surface area (Å²) in [6.07, 6.45) is 0. The standard InChI is InChI=1S/C63H45NS/c1-63(2)58-40-50(46-23-21-44(22-24-46)42-13-5-3-6-14-42)31-36-54(58)55-37-35-52(41-59(55)63)64(60-19-11-9-17-53(60)48-27-25-45(26-28-48)43-15-7-4-8-16-43)51-33-29-47(30-34-51)49-32-38-62-57(39-49)56-18-10-12-20-61(56)65-62/h3-41H,1-2H3. The molecule has 11 aromatic rings. The summed E-state index contributed by atoms with van der Waals surface area (Å²) in [5.41, 5.74) is 20.6. The molecule has 0 N–H and O–H groups in total. The summed E-state index contributed by atoms with van der Waals surface area (Å²) in [5.74, 6) is 0. The molecular formula is C63H45NS. The zero-order valence-electron chi connectivity index (χ0n) is 36.4. The second kappa shape index (κ2) is 15.8. The molecule has 0 bridgehead atoms. The van der Waals surface area contributed by atoms with Crippen LogP contribution in [0.2, 0.25) is 0 Å². The predicted molar refractivity (Wildman–Crippen MR) is 279 cm³/mol. The number of thiophene rings is 1. The monoisotopic (exact) mass is 847 g/mol. The fourth-order valence-corrected chi connectivity index (χ4v) is 11.1. The smallest absolute Gasteiger partial charge is 0.0540 e. The van der Waals surface area contributed by atoms with Crippen molar-refractivity contribution in [3.63, 3.8) is 0 Å². The molecule has 0 amide bonds. The number of para-hydroxylation sites is 1. The van der Waals surface area contributed by atoms with Gasteiger partial charge >= 0.3 is 0 Å². The molecule has 12 rings (SSSR count). The summed E-state index contributed by atoms with van der Waals surface area (Å²) >= 11 is 1.86. The SMILES string of the molecule is CC1(C)c2cc(-c3ccc(-c4ccccc4)cc3)ccc2-c2ccc(N(c3ccc(-c4ccc5sc6ccccc6c5c4)cc3)c3ccccc3-c3ccc(-c4ccccc4)cc3)cc21. The lowest BCUT2D eigenvalue weighted by molar-refractivity contribution is 0.660. The number of anilines is 3. The molecule has 2 heteroatoms. The molecule has 308 valence electrons. The van der Waals surface area contributed by atoms with Crippen molar-refractivity contribution in [3.8, 4) is 66.8 Å². The third kappa shape index (κ3) is 6.86. The minimum absolute atomic E-state index is 0.215. The summed E-state index contributed by atoms with van der Waals surface area (Å²) in [5, 5.41) is 2.64. The predicted octanol–water partition coefficient (Wildman–Crippen LogP) is 18.2. The highest BCUT2D eigenvalue weighted by Gasteiger charge is 2.36. The Kier molecular flexibility index (Phi) is 9.44. The molecule has 1 aliphatic rings. The van der Waals surface area contributed by atoms with Gasteiger partial charge < -0.3 is 4.90 Å². The first-order valence-electron chi connectivity index (χ1n) is 22.5. The first-order chi connectivity index (χ1) is 32.0. The van der Waals surface area contributed by atoms with Gasteiger partial charge in [-0.3, -0.25) is 0 Å². The van der Waals surface area contributed by atoms with Crippen LogP contribution in [0, 0.1) is 0 Å². The number of hydrogen-bond donors (Lipinski definition) is 0. The summed E-state index contributed by atoms with van der Waals surface area (Å²) in [7, 11) is 0. The second-order valence-corrected chi connectivity index (χ2v) is 18.8. The van der Waals surface area contributed by atoms with Gasteiger partial charge in [-0.05, 0) is 127 Å². The van der Waals surface area contributed by atoms with E-state index in [0.717, 1.165) is 17.1 Å². The van der Waals surface area contributed by atoms with Crippen LogP contribution in [0.3, 0.4) is 0 Å². The Morgan fingerprint density at radius 1 is 0.308 bits per heavy atom. The molecule has 1 nitrogen and oxygen atoms in total. The Labute approximate surface area is 385 Å². The Balaban J connectivity index is 0.944. The van der Waals surface area contributed by atoms with E-state index in [9.17, 15) is 0 Å². The van der Waals surface area contributed by atoms with Crippen molar-refractivity contribution >= 4 is 48.6 Å². The molecule has 0 unspecified atom stereocenters. The number of hydrogen-bond acceptors (Lipinski definition) is 2. The number of benzene rings is 10. The fraction of sp³-hybridized carbons (Fsp3) is 0.0476. The van der Waals surface area contributed by atoms with E-state index in [0.29, 0.717) is 0 Å². The van der Waals surface area contributed by atoms with Gasteiger partial charge in [0.1, 0.15) is 0 Å².